The van der Waals surface area contributed by atoms with Crippen LogP contribution < -0.4 is 5.32 Å². The number of nitrogens with one attached hydrogen (secondary N) is 2. The van der Waals surface area contributed by atoms with E-state index < -0.39 is 0 Å². The Bertz CT molecular complexity index is 707. The Balaban J connectivity index is 0.000000186. The second-order valence-corrected chi connectivity index (χ2v) is 9.35. The van der Waals surface area contributed by atoms with Crippen molar-refractivity contribution in [2.24, 2.45) is 0 Å². The molecule has 0 aliphatic carbocycles. The maximum Gasteiger partial charge on any atom is 0.120 e. The Kier molecular flexibility index (Phi) is 9.56. The zero-order chi connectivity index (χ0) is 20.4. The van der Waals surface area contributed by atoms with Crippen LogP contribution in [0.5, 0.6) is 0 Å². The van der Waals surface area contributed by atoms with Crippen LogP contribution in [0.25, 0.3) is 10.9 Å². The van der Waals surface area contributed by atoms with Crippen molar-refractivity contribution >= 4 is 29.0 Å². The third-order valence-electron chi connectivity index (χ3n) is 5.48. The van der Waals surface area contributed by atoms with Gasteiger partial charge in [0.25, 0.3) is 0 Å². The summed E-state index contributed by atoms with van der Waals surface area (Å²) >= 11 is 2.15. The molecule has 2 aromatic rings. The van der Waals surface area contributed by atoms with Crippen LogP contribution in [0.3, 0.4) is 0 Å². The van der Waals surface area contributed by atoms with E-state index in [0.717, 1.165) is 19.1 Å². The van der Waals surface area contributed by atoms with Crippen LogP contribution in [0, 0.1) is 0 Å². The summed E-state index contributed by atoms with van der Waals surface area (Å²) in [5, 5.41) is 5.49. The van der Waals surface area contributed by atoms with Crippen molar-refractivity contribution < 1.29 is 4.79 Å². The number of hydrogen-bond acceptors (Lipinski definition) is 4. The van der Waals surface area contributed by atoms with Gasteiger partial charge in [0.1, 0.15) is 6.29 Å². The fourth-order valence-corrected chi connectivity index (χ4v) is 5.32. The third-order valence-corrected chi connectivity index (χ3v) is 7.05. The van der Waals surface area contributed by atoms with Crippen molar-refractivity contribution in [3.63, 3.8) is 0 Å². The number of aromatic amines is 1. The number of unbranched alkanes of at least 4 members (excludes halogenated alkanes) is 1. The van der Waals surface area contributed by atoms with Gasteiger partial charge in [-0.3, -0.25) is 0 Å². The second kappa shape index (κ2) is 11.6. The van der Waals surface area contributed by atoms with Crippen LogP contribution in [0.15, 0.2) is 30.5 Å². The van der Waals surface area contributed by atoms with Crippen LogP contribution in [-0.2, 0) is 11.2 Å². The smallest absolute Gasteiger partial charge is 0.120 e. The number of rotatable bonds is 4. The van der Waals surface area contributed by atoms with Gasteiger partial charge in [0.15, 0.2) is 0 Å². The van der Waals surface area contributed by atoms with Crippen molar-refractivity contribution in [3.8, 4) is 0 Å². The Morgan fingerprint density at radius 2 is 1.96 bits per heavy atom. The van der Waals surface area contributed by atoms with Crippen LogP contribution in [0.4, 0.5) is 0 Å². The van der Waals surface area contributed by atoms with Crippen molar-refractivity contribution in [3.05, 3.63) is 36.0 Å². The predicted molar refractivity (Wildman–Crippen MR) is 123 cm³/mol. The van der Waals surface area contributed by atoms with E-state index in [1.807, 2.05) is 32.2 Å². The monoisotopic (exact) mass is 403 g/mol. The summed E-state index contributed by atoms with van der Waals surface area (Å²) in [6.07, 6.45) is 8.31. The molecule has 1 spiro atoms. The number of carbonyl (C=O) groups is 1. The molecule has 4 nitrogen and oxygen atoms in total. The summed E-state index contributed by atoms with van der Waals surface area (Å²) in [4.78, 5) is 15.9. The molecule has 5 heteroatoms. The fraction of sp³-hybridized carbons (Fsp3) is 0.609. The minimum absolute atomic E-state index is 0.589. The van der Waals surface area contributed by atoms with Crippen molar-refractivity contribution in [1.29, 1.82) is 0 Å². The van der Waals surface area contributed by atoms with Gasteiger partial charge in [-0.1, -0.05) is 32.0 Å². The average molecular weight is 404 g/mol. The van der Waals surface area contributed by atoms with Gasteiger partial charge in [-0.2, -0.15) is 0 Å². The molecule has 0 radical (unpaired) electrons. The van der Waals surface area contributed by atoms with Gasteiger partial charge in [-0.25, -0.2) is 0 Å². The largest absolute Gasteiger partial charge is 0.361 e. The van der Waals surface area contributed by atoms with Gasteiger partial charge in [-0.05, 0) is 64.4 Å². The molecule has 4 rings (SSSR count). The van der Waals surface area contributed by atoms with Gasteiger partial charge >= 0.3 is 0 Å². The molecule has 28 heavy (non-hydrogen) atoms. The zero-order valence-electron chi connectivity index (χ0n) is 18.0. The lowest BCUT2D eigenvalue weighted by Gasteiger charge is -2.36. The quantitative estimate of drug-likeness (QED) is 0.566. The zero-order valence-corrected chi connectivity index (χ0v) is 18.8. The average Bonchev–Trinajstić information content (AvgIpc) is 3.31. The molecular weight excluding hydrogens is 366 g/mol. The standard InChI is InChI=1S/C12H13NO.C9H18N2S.C2H6/c14-8-4-3-5-10-9-13-12-7-2-1-6-11(10)12;1-8-10-7-9(12-8)3-5-11(2)6-4-9;1-2/h1-2,6-9,13H,3-5H2;8,10H,3-7H2,1-2H3;1-2H3. The van der Waals surface area contributed by atoms with E-state index in [9.17, 15) is 4.79 Å². The summed E-state index contributed by atoms with van der Waals surface area (Å²) in [6.45, 7) is 10.1. The van der Waals surface area contributed by atoms with Gasteiger partial charge in [0, 0.05) is 34.8 Å². The molecule has 156 valence electrons. The second-order valence-electron chi connectivity index (χ2n) is 7.55. The number of thioether (sulfide) groups is 1. The summed E-state index contributed by atoms with van der Waals surface area (Å²) in [5.41, 5.74) is 2.48. The number of aromatic nitrogens is 1. The molecule has 2 aliphatic rings. The first-order chi connectivity index (χ1) is 13.6. The normalized spacial score (nSPS) is 20.9. The van der Waals surface area contributed by atoms with Crippen LogP contribution >= 0.6 is 11.8 Å². The highest BCUT2D eigenvalue weighted by molar-refractivity contribution is 8.01. The molecule has 2 N–H and O–H groups in total. The number of fused-ring (bicyclic) bond motifs is 1. The Morgan fingerprint density at radius 3 is 2.61 bits per heavy atom. The summed E-state index contributed by atoms with van der Waals surface area (Å²) < 4.78 is 0.589. The van der Waals surface area contributed by atoms with Crippen LogP contribution in [0.2, 0.25) is 0 Å². The Hall–Kier alpha value is -1.30. The number of likely N-dealkylation sites (tertiary alicyclic amines) is 1. The van der Waals surface area contributed by atoms with E-state index in [2.05, 4.69) is 53.1 Å². The molecule has 1 atom stereocenters. The van der Waals surface area contributed by atoms with E-state index in [4.69, 9.17) is 0 Å². The Labute approximate surface area is 174 Å². The molecule has 2 saturated heterocycles. The van der Waals surface area contributed by atoms with Crippen molar-refractivity contribution in [2.75, 3.05) is 26.7 Å². The number of H-pyrrole nitrogens is 1. The number of nitrogens with zero attached hydrogens (tertiary/aromatic N) is 1. The van der Waals surface area contributed by atoms with E-state index in [-0.39, 0.29) is 0 Å². The molecule has 0 bridgehead atoms. The number of aldehydes is 1. The number of aryl methyl sites for hydroxylation is 1. The molecule has 2 aliphatic heterocycles. The molecule has 1 aromatic heterocycles. The third kappa shape index (κ3) is 6.36. The van der Waals surface area contributed by atoms with Gasteiger partial charge in [-0.15, -0.1) is 11.8 Å². The van der Waals surface area contributed by atoms with E-state index >= 15 is 0 Å². The summed E-state index contributed by atoms with van der Waals surface area (Å²) in [5.74, 6) is 0. The Morgan fingerprint density at radius 1 is 1.25 bits per heavy atom. The maximum atomic E-state index is 10.2. The van der Waals surface area contributed by atoms with Crippen molar-refractivity contribution in [2.45, 2.75) is 63.0 Å². The van der Waals surface area contributed by atoms with E-state index in [1.165, 1.54) is 48.9 Å². The highest BCUT2D eigenvalue weighted by atomic mass is 32.2. The van der Waals surface area contributed by atoms with Crippen LogP contribution in [0.1, 0.15) is 52.0 Å². The predicted octanol–water partition coefficient (Wildman–Crippen LogP) is 4.85. The maximum absolute atomic E-state index is 10.2. The minimum atomic E-state index is 0.589. The van der Waals surface area contributed by atoms with E-state index in [0.29, 0.717) is 16.5 Å². The molecule has 0 amide bonds. The fourth-order valence-electron chi connectivity index (χ4n) is 3.82. The number of para-hydroxylation sites is 1. The molecule has 3 heterocycles. The summed E-state index contributed by atoms with van der Waals surface area (Å²) in [7, 11) is 2.23. The summed E-state index contributed by atoms with van der Waals surface area (Å²) in [6, 6.07) is 8.24. The highest BCUT2D eigenvalue weighted by Gasteiger charge is 2.39. The molecule has 2 fully saturated rings. The van der Waals surface area contributed by atoms with E-state index in [1.54, 1.807) is 0 Å². The number of hydrogen-bond donors (Lipinski definition) is 2. The first kappa shape index (κ1) is 23.0. The van der Waals surface area contributed by atoms with Gasteiger partial charge in [0.2, 0.25) is 0 Å². The highest BCUT2D eigenvalue weighted by Crippen LogP contribution is 2.41. The van der Waals surface area contributed by atoms with Gasteiger partial charge in [0.05, 0.1) is 5.37 Å². The minimum Gasteiger partial charge on any atom is -0.361 e. The van der Waals surface area contributed by atoms with Crippen LogP contribution in [-0.4, -0.2) is 53.0 Å². The molecule has 0 saturated carbocycles. The molecule has 1 unspecified atom stereocenters. The molecular formula is C23H37N3OS. The van der Waals surface area contributed by atoms with Gasteiger partial charge < -0.3 is 20.0 Å². The number of benzene rings is 1. The SMILES string of the molecule is CC.CC1NCC2(CCN(C)CC2)S1.O=CCCCc1c[nH]c2ccccc12. The first-order valence-corrected chi connectivity index (χ1v) is 11.6. The topological polar surface area (TPSA) is 48.1 Å². The first-order valence-electron chi connectivity index (χ1n) is 10.7. The lowest BCUT2D eigenvalue weighted by Crippen LogP contribution is -2.42. The number of piperidine rings is 1. The van der Waals surface area contributed by atoms with Crippen molar-refractivity contribution in [1.82, 2.24) is 15.2 Å². The molecule has 1 aromatic carbocycles. The number of carbonyl (C=O) groups excluding carboxylic acids is 1. The lowest BCUT2D eigenvalue weighted by atomic mass is 9.96. The lowest BCUT2D eigenvalue weighted by molar-refractivity contribution is -0.107.